The third-order valence-electron chi connectivity index (χ3n) is 0.470. The van der Waals surface area contributed by atoms with E-state index in [1.807, 2.05) is 0 Å². The van der Waals surface area contributed by atoms with Crippen molar-refractivity contribution < 1.29 is 14.7 Å². The van der Waals surface area contributed by atoms with Gasteiger partial charge in [-0.1, -0.05) is 0 Å². The van der Waals surface area contributed by atoms with Crippen molar-refractivity contribution in [3.8, 4) is 0 Å². The van der Waals surface area contributed by atoms with Crippen molar-refractivity contribution in [3.63, 3.8) is 0 Å². The van der Waals surface area contributed by atoms with Crippen LogP contribution in [0.3, 0.4) is 0 Å². The first-order chi connectivity index (χ1) is 3.68. The molecule has 0 radical (unpaired) electrons. The maximum Gasteiger partial charge on any atom is 0.312 e. The lowest BCUT2D eigenvalue weighted by molar-refractivity contribution is -0.299. The standard InChI is InChI=1S/C5H4O3/c1-2-3-4(6)5(7)8/h2-3H,1H2. The van der Waals surface area contributed by atoms with Gasteiger partial charge in [0, 0.05) is 6.08 Å². The van der Waals surface area contributed by atoms with Gasteiger partial charge in [0.2, 0.25) is 5.97 Å². The molecule has 3 heteroatoms. The van der Waals surface area contributed by atoms with E-state index in [0.29, 0.717) is 0 Å². The molecule has 0 aliphatic rings. The Morgan fingerprint density at radius 2 is 2.12 bits per heavy atom. The molecule has 0 fully saturated rings. The number of rotatable bonds is 3. The van der Waals surface area contributed by atoms with Crippen LogP contribution in [0.2, 0.25) is 0 Å². The Kier molecular flexibility index (Phi) is 2.40. The van der Waals surface area contributed by atoms with Crippen molar-refractivity contribution in [1.82, 2.24) is 0 Å². The minimum atomic E-state index is -1.70. The minimum Gasteiger partial charge on any atom is -0.470 e. The lowest BCUT2D eigenvalue weighted by atomic mass is 10.3. The molecule has 8 heavy (non-hydrogen) atoms. The number of ketones is 1. The van der Waals surface area contributed by atoms with Gasteiger partial charge in [-0.3, -0.25) is 4.79 Å². The van der Waals surface area contributed by atoms with Gasteiger partial charge in [0.1, 0.15) is 0 Å². The average Bonchev–Trinajstić information content (AvgIpc) is 1.67. The van der Waals surface area contributed by atoms with Crippen LogP contribution in [0.25, 0.3) is 0 Å². The van der Waals surface area contributed by atoms with Crippen molar-refractivity contribution in [2.75, 3.05) is 0 Å². The van der Waals surface area contributed by atoms with Gasteiger partial charge in [-0.2, -0.15) is 0 Å². The summed E-state index contributed by atoms with van der Waals surface area (Å²) in [4.78, 5) is 19.5. The molecule has 3 nitrogen and oxygen atoms in total. The van der Waals surface area contributed by atoms with E-state index in [0.717, 1.165) is 12.5 Å². The molecule has 0 aliphatic carbocycles. The van der Waals surface area contributed by atoms with Crippen molar-refractivity contribution >= 4 is 11.8 Å². The van der Waals surface area contributed by atoms with Gasteiger partial charge >= 0.3 is 5.78 Å². The van der Waals surface area contributed by atoms with Crippen LogP contribution in [0, 0.1) is 6.42 Å². The highest BCUT2D eigenvalue weighted by atomic mass is 16.4. The van der Waals surface area contributed by atoms with Gasteiger partial charge in [-0.05, 0) is 6.58 Å². The van der Waals surface area contributed by atoms with E-state index < -0.39 is 11.8 Å². The fourth-order valence-electron chi connectivity index (χ4n) is 0.175. The third-order valence-corrected chi connectivity index (χ3v) is 0.470. The normalized spacial score (nSPS) is 7.50. The first-order valence-electron chi connectivity index (χ1n) is 1.89. The second-order valence-electron chi connectivity index (χ2n) is 1.05. The summed E-state index contributed by atoms with van der Waals surface area (Å²) in [6.45, 7) is 3.12. The molecule has 0 unspecified atom stereocenters. The minimum absolute atomic E-state index is 0.829. The fourth-order valence-corrected chi connectivity index (χ4v) is 0.175. The van der Waals surface area contributed by atoms with Gasteiger partial charge < -0.3 is 9.90 Å². The highest BCUT2D eigenvalue weighted by Gasteiger charge is 2.06. The molecule has 0 amide bonds. The van der Waals surface area contributed by atoms with Gasteiger partial charge in [0.05, 0.1) is 6.42 Å². The number of Topliss-reactive ketones (excluding diaryl/α,β-unsaturated/α-hetero) is 1. The van der Waals surface area contributed by atoms with E-state index in [1.54, 1.807) is 0 Å². The van der Waals surface area contributed by atoms with Crippen LogP contribution in [-0.2, 0) is 9.59 Å². The van der Waals surface area contributed by atoms with Crippen LogP contribution in [0.15, 0.2) is 12.7 Å². The zero-order valence-corrected chi connectivity index (χ0v) is 4.09. The van der Waals surface area contributed by atoms with Crippen LogP contribution < -0.4 is 5.11 Å². The monoisotopic (exact) mass is 112 g/mol. The average molecular weight is 112 g/mol. The molecule has 0 aliphatic heterocycles. The maximum absolute atomic E-state index is 9.95. The van der Waals surface area contributed by atoms with Crippen LogP contribution in [0.1, 0.15) is 0 Å². The summed E-state index contributed by atoms with van der Waals surface area (Å²) < 4.78 is 0. The van der Waals surface area contributed by atoms with Gasteiger partial charge in [0.25, 0.3) is 0 Å². The Labute approximate surface area is 46.6 Å². The summed E-state index contributed by atoms with van der Waals surface area (Å²) in [5.74, 6) is -2.76. The lowest BCUT2D eigenvalue weighted by Crippen LogP contribution is -2.31. The van der Waals surface area contributed by atoms with Crippen LogP contribution in [0.4, 0.5) is 0 Å². The zero-order chi connectivity index (χ0) is 6.57. The van der Waals surface area contributed by atoms with E-state index in [4.69, 9.17) is 0 Å². The smallest absolute Gasteiger partial charge is 0.312 e. The number of carbonyl (C=O) groups excluding carboxylic acids is 2. The number of hydrogen-bond acceptors (Lipinski definition) is 3. The predicted molar refractivity (Wildman–Crippen MR) is 24.5 cm³/mol. The molecule has 42 valence electrons. The first kappa shape index (κ1) is 6.75. The van der Waals surface area contributed by atoms with Crippen molar-refractivity contribution in [2.45, 2.75) is 0 Å². The summed E-state index contributed by atoms with van der Waals surface area (Å²) in [5.41, 5.74) is 0. The molecule has 0 atom stereocenters. The molecular weight excluding hydrogens is 108 g/mol. The van der Waals surface area contributed by atoms with Gasteiger partial charge in [-0.15, -0.1) is 0 Å². The van der Waals surface area contributed by atoms with Gasteiger partial charge in [-0.25, -0.2) is 0 Å². The fraction of sp³-hybridized carbons (Fsp3) is 0. The second kappa shape index (κ2) is 2.85. The van der Waals surface area contributed by atoms with Crippen LogP contribution in [0.5, 0.6) is 0 Å². The largest absolute Gasteiger partial charge is 0.470 e. The zero-order valence-electron chi connectivity index (χ0n) is 4.09. The number of carboxylic acids is 1. The molecular formula is C5H4O3. The van der Waals surface area contributed by atoms with Crippen molar-refractivity contribution in [2.24, 2.45) is 0 Å². The first-order valence-corrected chi connectivity index (χ1v) is 1.89. The van der Waals surface area contributed by atoms with Crippen LogP contribution >= 0.6 is 0 Å². The molecule has 0 saturated carbocycles. The van der Waals surface area contributed by atoms with Crippen molar-refractivity contribution in [3.05, 3.63) is 19.1 Å². The van der Waals surface area contributed by atoms with E-state index in [2.05, 4.69) is 6.58 Å². The summed E-state index contributed by atoms with van der Waals surface area (Å²) in [6, 6.07) is 0. The Hall–Kier alpha value is -1.25. The molecule has 0 aromatic carbocycles. The van der Waals surface area contributed by atoms with Crippen molar-refractivity contribution in [1.29, 1.82) is 0 Å². The van der Waals surface area contributed by atoms with E-state index in [9.17, 15) is 14.7 Å². The van der Waals surface area contributed by atoms with Crippen LogP contribution in [-0.4, -0.2) is 11.8 Å². The number of hydrogen-bond donors (Lipinski definition) is 0. The summed E-state index contributed by atoms with van der Waals surface area (Å²) >= 11 is 0. The number of carbonyl (C=O) groups is 2. The topological polar surface area (TPSA) is 57.2 Å². The Morgan fingerprint density at radius 3 is 2.25 bits per heavy atom. The molecule has 0 N–H and O–H groups in total. The van der Waals surface area contributed by atoms with E-state index in [-0.39, 0.29) is 0 Å². The molecule has 0 spiro atoms. The number of allylic oxidation sites excluding steroid dienone is 1. The number of aliphatic carboxylic acids is 1. The predicted octanol–water partition coefficient (Wildman–Crippen LogP) is -1.30. The molecule has 0 aromatic heterocycles. The highest BCUT2D eigenvalue weighted by Crippen LogP contribution is 1.77. The SMILES string of the molecule is C=C[CH+]C(=O)C(=O)[O-]. The summed E-state index contributed by atoms with van der Waals surface area (Å²) in [5, 5.41) is 9.55. The number of carboxylic acid groups (broad SMARTS) is 1. The Bertz CT molecular complexity index is 126. The third kappa shape index (κ3) is 2.02. The second-order valence-corrected chi connectivity index (χ2v) is 1.05. The molecule has 0 bridgehead atoms. The highest BCUT2D eigenvalue weighted by molar-refractivity contribution is 6.35. The molecule has 0 saturated heterocycles. The van der Waals surface area contributed by atoms with Gasteiger partial charge in [0.15, 0.2) is 0 Å². The van der Waals surface area contributed by atoms with E-state index >= 15 is 0 Å². The molecule has 0 aromatic rings. The molecule has 0 rings (SSSR count). The summed E-state index contributed by atoms with van der Waals surface area (Å²) in [6.07, 6.45) is 1.92. The Balaban J connectivity index is 3.65. The summed E-state index contributed by atoms with van der Waals surface area (Å²) in [7, 11) is 0. The lowest BCUT2D eigenvalue weighted by Gasteiger charge is -1.83. The maximum atomic E-state index is 9.95. The Morgan fingerprint density at radius 1 is 1.62 bits per heavy atom. The quantitative estimate of drug-likeness (QED) is 0.336. The van der Waals surface area contributed by atoms with E-state index in [1.165, 1.54) is 0 Å². The molecule has 0 heterocycles.